The maximum atomic E-state index is 12.9. The Kier molecular flexibility index (Phi) is 5.85. The van der Waals surface area contributed by atoms with Crippen molar-refractivity contribution in [2.45, 2.75) is 26.6 Å². The molecule has 0 saturated carbocycles. The minimum absolute atomic E-state index is 0.365. The predicted octanol–water partition coefficient (Wildman–Crippen LogP) is 3.30. The lowest BCUT2D eigenvalue weighted by Gasteiger charge is -2.13. The lowest BCUT2D eigenvalue weighted by atomic mass is 10.1. The maximum absolute atomic E-state index is 12.9. The van der Waals surface area contributed by atoms with Crippen molar-refractivity contribution >= 4 is 17.3 Å². The summed E-state index contributed by atoms with van der Waals surface area (Å²) in [5.41, 5.74) is 0.893. The highest BCUT2D eigenvalue weighted by Gasteiger charge is 2.10. The average Bonchev–Trinajstić information content (AvgIpc) is 2.28. The van der Waals surface area contributed by atoms with Gasteiger partial charge in [0.2, 0.25) is 6.36 Å². The van der Waals surface area contributed by atoms with Gasteiger partial charge < -0.3 is 14.2 Å². The van der Waals surface area contributed by atoms with Gasteiger partial charge in [0.1, 0.15) is 0 Å². The highest BCUT2D eigenvalue weighted by atomic mass is 32.1. The van der Waals surface area contributed by atoms with E-state index in [0.717, 1.165) is 5.56 Å². The SMILES string of the molecule is CCOC(=S)Cc1ccc(OC)c(OC(C)F)c1. The first-order valence-electron chi connectivity index (χ1n) is 5.70. The molecular weight excluding hydrogens is 255 g/mol. The molecule has 1 aromatic carbocycles. The van der Waals surface area contributed by atoms with Gasteiger partial charge in [-0.1, -0.05) is 6.07 Å². The standard InChI is InChI=1S/C13H17FO3S/c1-4-16-13(18)8-10-5-6-11(15-3)12(7-10)17-9(2)14/h5-7,9H,4,8H2,1-3H3. The summed E-state index contributed by atoms with van der Waals surface area (Å²) in [7, 11) is 1.51. The van der Waals surface area contributed by atoms with Crippen LogP contribution in [0.5, 0.6) is 11.5 Å². The molecule has 0 radical (unpaired) electrons. The Balaban J connectivity index is 2.85. The first kappa shape index (κ1) is 14.7. The number of alkyl halides is 1. The van der Waals surface area contributed by atoms with Crippen molar-refractivity contribution in [3.8, 4) is 11.5 Å². The third-order valence-electron chi connectivity index (χ3n) is 2.17. The number of hydrogen-bond donors (Lipinski definition) is 0. The van der Waals surface area contributed by atoms with Gasteiger partial charge in [-0.05, 0) is 36.8 Å². The number of thiocarbonyl (C=S) groups is 1. The molecule has 1 unspecified atom stereocenters. The predicted molar refractivity (Wildman–Crippen MR) is 72.1 cm³/mol. The lowest BCUT2D eigenvalue weighted by molar-refractivity contribution is 0.0826. The van der Waals surface area contributed by atoms with Gasteiger partial charge in [0.25, 0.3) is 0 Å². The summed E-state index contributed by atoms with van der Waals surface area (Å²) in [6.07, 6.45) is -0.905. The Hall–Kier alpha value is -1.36. The molecule has 0 fully saturated rings. The minimum Gasteiger partial charge on any atom is -0.493 e. The Morgan fingerprint density at radius 3 is 2.67 bits per heavy atom. The van der Waals surface area contributed by atoms with Crippen LogP contribution < -0.4 is 9.47 Å². The lowest BCUT2D eigenvalue weighted by Crippen LogP contribution is -2.08. The van der Waals surface area contributed by atoms with Crippen LogP contribution >= 0.6 is 12.2 Å². The van der Waals surface area contributed by atoms with E-state index in [1.165, 1.54) is 14.0 Å². The van der Waals surface area contributed by atoms with E-state index >= 15 is 0 Å². The van der Waals surface area contributed by atoms with Gasteiger partial charge in [0.05, 0.1) is 13.7 Å². The number of halogens is 1. The molecule has 0 aliphatic carbocycles. The van der Waals surface area contributed by atoms with Crippen LogP contribution in [-0.2, 0) is 11.2 Å². The van der Waals surface area contributed by atoms with Gasteiger partial charge in [0.15, 0.2) is 16.5 Å². The molecule has 0 amide bonds. The van der Waals surface area contributed by atoms with E-state index in [1.807, 2.05) is 13.0 Å². The Labute approximate surface area is 112 Å². The summed E-state index contributed by atoms with van der Waals surface area (Å²) < 4.78 is 28.2. The van der Waals surface area contributed by atoms with Crippen LogP contribution in [0.1, 0.15) is 19.4 Å². The van der Waals surface area contributed by atoms with E-state index in [1.54, 1.807) is 12.1 Å². The molecule has 0 saturated heterocycles. The summed E-state index contributed by atoms with van der Waals surface area (Å²) in [5.74, 6) is 0.856. The molecule has 0 N–H and O–H groups in total. The van der Waals surface area contributed by atoms with Crippen LogP contribution in [0.2, 0.25) is 0 Å². The number of rotatable bonds is 6. The van der Waals surface area contributed by atoms with Crippen molar-refractivity contribution < 1.29 is 18.6 Å². The fourth-order valence-electron chi connectivity index (χ4n) is 1.48. The van der Waals surface area contributed by atoms with Crippen LogP contribution in [-0.4, -0.2) is 25.1 Å². The van der Waals surface area contributed by atoms with Crippen molar-refractivity contribution in [3.05, 3.63) is 23.8 Å². The molecular formula is C13H17FO3S. The molecule has 1 aromatic rings. The molecule has 0 aromatic heterocycles. The van der Waals surface area contributed by atoms with E-state index in [4.69, 9.17) is 26.4 Å². The summed E-state index contributed by atoms with van der Waals surface area (Å²) in [6.45, 7) is 3.73. The van der Waals surface area contributed by atoms with Crippen LogP contribution in [0, 0.1) is 0 Å². The molecule has 100 valence electrons. The van der Waals surface area contributed by atoms with Gasteiger partial charge in [-0.15, -0.1) is 0 Å². The highest BCUT2D eigenvalue weighted by molar-refractivity contribution is 7.80. The van der Waals surface area contributed by atoms with E-state index in [2.05, 4.69) is 0 Å². The molecule has 0 heterocycles. The second kappa shape index (κ2) is 7.16. The van der Waals surface area contributed by atoms with Crippen molar-refractivity contribution in [2.75, 3.05) is 13.7 Å². The van der Waals surface area contributed by atoms with Gasteiger partial charge in [-0.3, -0.25) is 0 Å². The Morgan fingerprint density at radius 1 is 1.39 bits per heavy atom. The third kappa shape index (κ3) is 4.49. The van der Waals surface area contributed by atoms with Crippen LogP contribution in [0.25, 0.3) is 0 Å². The molecule has 0 aliphatic heterocycles. The fourth-order valence-corrected chi connectivity index (χ4v) is 1.76. The van der Waals surface area contributed by atoms with Gasteiger partial charge in [-0.25, -0.2) is 4.39 Å². The monoisotopic (exact) mass is 272 g/mol. The molecule has 1 rings (SSSR count). The molecule has 0 spiro atoms. The molecule has 0 aliphatic rings. The van der Waals surface area contributed by atoms with Crippen molar-refractivity contribution in [3.63, 3.8) is 0 Å². The maximum Gasteiger partial charge on any atom is 0.236 e. The largest absolute Gasteiger partial charge is 0.493 e. The van der Waals surface area contributed by atoms with Crippen molar-refractivity contribution in [1.29, 1.82) is 0 Å². The minimum atomic E-state index is -1.40. The Morgan fingerprint density at radius 2 is 2.11 bits per heavy atom. The molecule has 5 heteroatoms. The molecule has 3 nitrogen and oxygen atoms in total. The zero-order valence-electron chi connectivity index (χ0n) is 10.7. The second-order valence-electron chi connectivity index (χ2n) is 3.63. The summed E-state index contributed by atoms with van der Waals surface area (Å²) in [6, 6.07) is 5.28. The summed E-state index contributed by atoms with van der Waals surface area (Å²) in [5, 5.41) is 0.502. The average molecular weight is 272 g/mol. The van der Waals surface area contributed by atoms with Gasteiger partial charge >= 0.3 is 0 Å². The zero-order chi connectivity index (χ0) is 13.5. The summed E-state index contributed by atoms with van der Waals surface area (Å²) >= 11 is 5.06. The first-order chi connectivity index (χ1) is 8.56. The smallest absolute Gasteiger partial charge is 0.236 e. The van der Waals surface area contributed by atoms with Crippen LogP contribution in [0.3, 0.4) is 0 Å². The van der Waals surface area contributed by atoms with Gasteiger partial charge in [0, 0.05) is 13.3 Å². The number of hydrogen-bond acceptors (Lipinski definition) is 4. The molecule has 18 heavy (non-hydrogen) atoms. The van der Waals surface area contributed by atoms with Crippen molar-refractivity contribution in [2.24, 2.45) is 0 Å². The normalized spacial score (nSPS) is 11.8. The number of benzene rings is 1. The number of ether oxygens (including phenoxy) is 3. The first-order valence-corrected chi connectivity index (χ1v) is 6.11. The highest BCUT2D eigenvalue weighted by Crippen LogP contribution is 2.29. The zero-order valence-corrected chi connectivity index (χ0v) is 11.6. The molecule has 0 bridgehead atoms. The van der Waals surface area contributed by atoms with E-state index < -0.39 is 6.36 Å². The van der Waals surface area contributed by atoms with Crippen molar-refractivity contribution in [1.82, 2.24) is 0 Å². The van der Waals surface area contributed by atoms with Crippen LogP contribution in [0.4, 0.5) is 4.39 Å². The quantitative estimate of drug-likeness (QED) is 0.743. The third-order valence-corrected chi connectivity index (χ3v) is 2.43. The van der Waals surface area contributed by atoms with E-state index in [-0.39, 0.29) is 0 Å². The second-order valence-corrected chi connectivity index (χ2v) is 4.08. The van der Waals surface area contributed by atoms with Gasteiger partial charge in [-0.2, -0.15) is 0 Å². The Bertz CT molecular complexity index is 407. The van der Waals surface area contributed by atoms with E-state index in [0.29, 0.717) is 29.6 Å². The van der Waals surface area contributed by atoms with E-state index in [9.17, 15) is 4.39 Å². The number of methoxy groups -OCH3 is 1. The molecule has 1 atom stereocenters. The topological polar surface area (TPSA) is 27.7 Å². The van der Waals surface area contributed by atoms with Crippen LogP contribution in [0.15, 0.2) is 18.2 Å². The fraction of sp³-hybridized carbons (Fsp3) is 0.462. The summed E-state index contributed by atoms with van der Waals surface area (Å²) in [4.78, 5) is 0.